The summed E-state index contributed by atoms with van der Waals surface area (Å²) in [5.41, 5.74) is 0.554. The van der Waals surface area contributed by atoms with Crippen molar-refractivity contribution in [3.63, 3.8) is 0 Å². The van der Waals surface area contributed by atoms with E-state index in [0.29, 0.717) is 23.4 Å². The summed E-state index contributed by atoms with van der Waals surface area (Å²) in [5, 5.41) is 0. The highest BCUT2D eigenvalue weighted by molar-refractivity contribution is 5.16. The third kappa shape index (κ3) is 1.31. The largest absolute Gasteiger partial charge is 0.384 e. The van der Waals surface area contributed by atoms with Crippen molar-refractivity contribution in [2.75, 3.05) is 13.7 Å². The zero-order chi connectivity index (χ0) is 9.85. The van der Waals surface area contributed by atoms with Gasteiger partial charge in [0.2, 0.25) is 0 Å². The standard InChI is InChI=1S/C11H20O2/c1-10(2)7(6-12-5)8(10)9-11(3,4)13-9/h7-9H,6H2,1-5H3/t7-,8+,9?/m1/s1. The van der Waals surface area contributed by atoms with Crippen LogP contribution < -0.4 is 0 Å². The Bertz CT molecular complexity index is 220. The van der Waals surface area contributed by atoms with Gasteiger partial charge in [0.15, 0.2) is 0 Å². The van der Waals surface area contributed by atoms with Crippen LogP contribution in [0.4, 0.5) is 0 Å². The molecule has 1 saturated carbocycles. The number of epoxide rings is 1. The summed E-state index contributed by atoms with van der Waals surface area (Å²) in [6.07, 6.45) is 0.475. The lowest BCUT2D eigenvalue weighted by Gasteiger charge is -2.00. The monoisotopic (exact) mass is 184 g/mol. The highest BCUT2D eigenvalue weighted by Crippen LogP contribution is 2.66. The predicted molar refractivity (Wildman–Crippen MR) is 51.6 cm³/mol. The van der Waals surface area contributed by atoms with Crippen molar-refractivity contribution in [3.05, 3.63) is 0 Å². The minimum atomic E-state index is 0.129. The van der Waals surface area contributed by atoms with Crippen molar-refractivity contribution < 1.29 is 9.47 Å². The molecular weight excluding hydrogens is 164 g/mol. The van der Waals surface area contributed by atoms with Gasteiger partial charge >= 0.3 is 0 Å². The molecule has 1 unspecified atom stereocenters. The Morgan fingerprint density at radius 1 is 1.23 bits per heavy atom. The molecule has 0 radical (unpaired) electrons. The lowest BCUT2D eigenvalue weighted by atomic mass is 10.0. The summed E-state index contributed by atoms with van der Waals surface area (Å²) in [6.45, 7) is 9.87. The predicted octanol–water partition coefficient (Wildman–Crippen LogP) is 2.08. The van der Waals surface area contributed by atoms with E-state index in [-0.39, 0.29) is 5.60 Å². The molecule has 0 N–H and O–H groups in total. The maximum Gasteiger partial charge on any atom is 0.0904 e. The molecule has 76 valence electrons. The molecule has 2 fully saturated rings. The second-order valence-electron chi connectivity index (χ2n) is 5.55. The third-order valence-electron chi connectivity index (χ3n) is 3.87. The molecule has 0 aromatic rings. The topological polar surface area (TPSA) is 21.8 Å². The first-order valence-electron chi connectivity index (χ1n) is 5.08. The minimum absolute atomic E-state index is 0.129. The SMILES string of the molecule is COC[C@@H]1[C@@H](C2OC2(C)C)C1(C)C. The van der Waals surface area contributed by atoms with E-state index in [1.165, 1.54) is 0 Å². The lowest BCUT2D eigenvalue weighted by molar-refractivity contribution is 0.171. The fourth-order valence-corrected chi connectivity index (χ4v) is 2.68. The number of hydrogen-bond acceptors (Lipinski definition) is 2. The average Bonchev–Trinajstić information content (AvgIpc) is 2.73. The Labute approximate surface area is 80.6 Å². The van der Waals surface area contributed by atoms with Crippen molar-refractivity contribution >= 4 is 0 Å². The Balaban J connectivity index is 1.96. The summed E-state index contributed by atoms with van der Waals surface area (Å²) in [5.74, 6) is 1.41. The summed E-state index contributed by atoms with van der Waals surface area (Å²) in [4.78, 5) is 0. The van der Waals surface area contributed by atoms with Crippen molar-refractivity contribution in [1.29, 1.82) is 0 Å². The normalized spacial score (nSPS) is 44.5. The quantitative estimate of drug-likeness (QED) is 0.626. The smallest absolute Gasteiger partial charge is 0.0904 e. The highest BCUT2D eigenvalue weighted by Gasteiger charge is 2.69. The van der Waals surface area contributed by atoms with Crippen LogP contribution in [0.3, 0.4) is 0 Å². The molecule has 3 atom stereocenters. The Hall–Kier alpha value is -0.0800. The van der Waals surface area contributed by atoms with E-state index >= 15 is 0 Å². The Morgan fingerprint density at radius 3 is 2.15 bits per heavy atom. The van der Waals surface area contributed by atoms with Crippen molar-refractivity contribution in [2.45, 2.75) is 39.4 Å². The first-order valence-corrected chi connectivity index (χ1v) is 5.08. The van der Waals surface area contributed by atoms with E-state index in [4.69, 9.17) is 9.47 Å². The fourth-order valence-electron chi connectivity index (χ4n) is 2.68. The van der Waals surface area contributed by atoms with Gasteiger partial charge < -0.3 is 9.47 Å². The molecule has 0 bridgehead atoms. The van der Waals surface area contributed by atoms with Gasteiger partial charge in [0.05, 0.1) is 11.7 Å². The van der Waals surface area contributed by atoms with E-state index in [9.17, 15) is 0 Å². The van der Waals surface area contributed by atoms with Crippen LogP contribution >= 0.6 is 0 Å². The zero-order valence-electron chi connectivity index (χ0n) is 9.26. The molecule has 2 rings (SSSR count). The van der Waals surface area contributed by atoms with E-state index < -0.39 is 0 Å². The number of hydrogen-bond donors (Lipinski definition) is 0. The van der Waals surface area contributed by atoms with Crippen LogP contribution in [0, 0.1) is 17.3 Å². The summed E-state index contributed by atoms with van der Waals surface area (Å²) < 4.78 is 10.9. The van der Waals surface area contributed by atoms with Gasteiger partial charge in [0.1, 0.15) is 0 Å². The first-order chi connectivity index (χ1) is 5.91. The second kappa shape index (κ2) is 2.48. The van der Waals surface area contributed by atoms with Crippen LogP contribution in [0.15, 0.2) is 0 Å². The van der Waals surface area contributed by atoms with Crippen LogP contribution in [-0.4, -0.2) is 25.4 Å². The molecule has 0 aromatic heterocycles. The van der Waals surface area contributed by atoms with Crippen LogP contribution in [-0.2, 0) is 9.47 Å². The van der Waals surface area contributed by atoms with Gasteiger partial charge in [0.25, 0.3) is 0 Å². The molecule has 2 nitrogen and oxygen atoms in total. The minimum Gasteiger partial charge on any atom is -0.384 e. The molecule has 2 aliphatic rings. The van der Waals surface area contributed by atoms with E-state index in [0.717, 1.165) is 6.61 Å². The summed E-state index contributed by atoms with van der Waals surface area (Å²) >= 11 is 0. The number of ether oxygens (including phenoxy) is 2. The van der Waals surface area contributed by atoms with Crippen LogP contribution in [0.25, 0.3) is 0 Å². The lowest BCUT2D eigenvalue weighted by Crippen LogP contribution is -2.08. The molecule has 1 saturated heterocycles. The average molecular weight is 184 g/mol. The van der Waals surface area contributed by atoms with Crippen molar-refractivity contribution in [2.24, 2.45) is 17.3 Å². The molecule has 0 aromatic carbocycles. The molecule has 0 spiro atoms. The molecule has 0 amide bonds. The maximum absolute atomic E-state index is 5.68. The molecule has 1 aliphatic heterocycles. The van der Waals surface area contributed by atoms with E-state index in [2.05, 4.69) is 27.7 Å². The van der Waals surface area contributed by atoms with Gasteiger partial charge in [-0.1, -0.05) is 13.8 Å². The van der Waals surface area contributed by atoms with Crippen molar-refractivity contribution in [3.8, 4) is 0 Å². The second-order valence-corrected chi connectivity index (χ2v) is 5.55. The first kappa shape index (κ1) is 9.47. The Kier molecular flexibility index (Phi) is 1.81. The summed E-state index contributed by atoms with van der Waals surface area (Å²) in [7, 11) is 1.78. The van der Waals surface area contributed by atoms with Crippen molar-refractivity contribution in [1.82, 2.24) is 0 Å². The van der Waals surface area contributed by atoms with Crippen LogP contribution in [0.2, 0.25) is 0 Å². The number of rotatable bonds is 3. The summed E-state index contributed by atoms with van der Waals surface area (Å²) in [6, 6.07) is 0. The zero-order valence-corrected chi connectivity index (χ0v) is 9.26. The van der Waals surface area contributed by atoms with E-state index in [1.54, 1.807) is 7.11 Å². The molecule has 13 heavy (non-hydrogen) atoms. The van der Waals surface area contributed by atoms with Crippen LogP contribution in [0.5, 0.6) is 0 Å². The molecule has 2 heteroatoms. The highest BCUT2D eigenvalue weighted by atomic mass is 16.6. The van der Waals surface area contributed by atoms with Gasteiger partial charge in [-0.05, 0) is 31.1 Å². The van der Waals surface area contributed by atoms with Gasteiger partial charge in [-0.25, -0.2) is 0 Å². The maximum atomic E-state index is 5.68. The number of methoxy groups -OCH3 is 1. The molecule has 1 aliphatic carbocycles. The van der Waals surface area contributed by atoms with Gasteiger partial charge in [0, 0.05) is 13.7 Å². The van der Waals surface area contributed by atoms with Gasteiger partial charge in [-0.2, -0.15) is 0 Å². The van der Waals surface area contributed by atoms with Gasteiger partial charge in [-0.3, -0.25) is 0 Å². The van der Waals surface area contributed by atoms with E-state index in [1.807, 2.05) is 0 Å². The Morgan fingerprint density at radius 2 is 1.77 bits per heavy atom. The molecular formula is C11H20O2. The fraction of sp³-hybridized carbons (Fsp3) is 1.00. The molecule has 1 heterocycles. The van der Waals surface area contributed by atoms with Gasteiger partial charge in [-0.15, -0.1) is 0 Å². The third-order valence-corrected chi connectivity index (χ3v) is 3.87. The van der Waals surface area contributed by atoms with Crippen LogP contribution in [0.1, 0.15) is 27.7 Å².